The van der Waals surface area contributed by atoms with Crippen LogP contribution < -0.4 is 4.74 Å². The van der Waals surface area contributed by atoms with Gasteiger partial charge in [0.2, 0.25) is 0 Å². The molecule has 2 aromatic rings. The molecule has 0 unspecified atom stereocenters. The van der Waals surface area contributed by atoms with E-state index in [-0.39, 0.29) is 4.90 Å². The van der Waals surface area contributed by atoms with Gasteiger partial charge >= 0.3 is 0 Å². The molecule has 3 nitrogen and oxygen atoms in total. The van der Waals surface area contributed by atoms with Crippen LogP contribution in [0.1, 0.15) is 11.1 Å². The van der Waals surface area contributed by atoms with E-state index in [1.165, 1.54) is 12.1 Å². The van der Waals surface area contributed by atoms with E-state index < -0.39 is 9.05 Å². The van der Waals surface area contributed by atoms with E-state index in [2.05, 4.69) is 0 Å². The molecule has 0 saturated heterocycles. The zero-order chi connectivity index (χ0) is 13.9. The normalized spacial score (nSPS) is 11.3. The van der Waals surface area contributed by atoms with Gasteiger partial charge in [0.15, 0.2) is 0 Å². The maximum Gasteiger partial charge on any atom is 0.261 e. The Morgan fingerprint density at radius 1 is 1.05 bits per heavy atom. The zero-order valence-electron chi connectivity index (χ0n) is 10.3. The minimum atomic E-state index is -3.68. The van der Waals surface area contributed by atoms with Gasteiger partial charge < -0.3 is 4.74 Å². The van der Waals surface area contributed by atoms with Crippen molar-refractivity contribution in [2.45, 2.75) is 18.4 Å². The lowest BCUT2D eigenvalue weighted by molar-refractivity contribution is 0.305. The molecule has 0 radical (unpaired) electrons. The molecule has 0 saturated carbocycles. The van der Waals surface area contributed by atoms with Crippen LogP contribution in [0.4, 0.5) is 0 Å². The van der Waals surface area contributed by atoms with Crippen molar-refractivity contribution in [3.05, 3.63) is 59.7 Å². The van der Waals surface area contributed by atoms with Crippen LogP contribution in [0, 0.1) is 6.92 Å². The Morgan fingerprint density at radius 2 is 1.68 bits per heavy atom. The van der Waals surface area contributed by atoms with Crippen molar-refractivity contribution in [1.29, 1.82) is 0 Å². The summed E-state index contributed by atoms with van der Waals surface area (Å²) in [7, 11) is 1.56. The first-order valence-corrected chi connectivity index (χ1v) is 8.00. The first-order valence-electron chi connectivity index (χ1n) is 5.69. The number of hydrogen-bond donors (Lipinski definition) is 0. The van der Waals surface area contributed by atoms with Gasteiger partial charge in [0.25, 0.3) is 9.05 Å². The standard InChI is InChI=1S/C14H13ClO3S/c1-11-4-2-3-5-12(11)10-18-13-6-8-14(9-7-13)19(15,16)17/h2-9H,10H2,1H3. The molecule has 0 amide bonds. The van der Waals surface area contributed by atoms with Crippen LogP contribution in [0.3, 0.4) is 0 Å². The van der Waals surface area contributed by atoms with Crippen molar-refractivity contribution >= 4 is 19.7 Å². The summed E-state index contributed by atoms with van der Waals surface area (Å²) in [5.41, 5.74) is 2.25. The number of ether oxygens (including phenoxy) is 1. The van der Waals surface area contributed by atoms with Crippen LogP contribution in [-0.4, -0.2) is 8.42 Å². The van der Waals surface area contributed by atoms with E-state index in [9.17, 15) is 8.42 Å². The molecule has 2 aromatic carbocycles. The summed E-state index contributed by atoms with van der Waals surface area (Å²) in [6, 6.07) is 14.0. The molecule has 19 heavy (non-hydrogen) atoms. The van der Waals surface area contributed by atoms with Crippen molar-refractivity contribution in [3.8, 4) is 5.75 Å². The number of benzene rings is 2. The summed E-state index contributed by atoms with van der Waals surface area (Å²) < 4.78 is 27.8. The first kappa shape index (κ1) is 13.9. The van der Waals surface area contributed by atoms with E-state index in [1.807, 2.05) is 31.2 Å². The van der Waals surface area contributed by atoms with Crippen LogP contribution >= 0.6 is 10.7 Å². The Kier molecular flexibility index (Phi) is 4.12. The topological polar surface area (TPSA) is 43.4 Å². The fourth-order valence-electron chi connectivity index (χ4n) is 1.63. The monoisotopic (exact) mass is 296 g/mol. The quantitative estimate of drug-likeness (QED) is 0.811. The van der Waals surface area contributed by atoms with Crippen molar-refractivity contribution in [1.82, 2.24) is 0 Å². The second-order valence-electron chi connectivity index (χ2n) is 4.12. The Hall–Kier alpha value is -1.52. The Labute approximate surface area is 117 Å². The molecular weight excluding hydrogens is 284 g/mol. The number of hydrogen-bond acceptors (Lipinski definition) is 3. The van der Waals surface area contributed by atoms with Crippen molar-refractivity contribution < 1.29 is 13.2 Å². The zero-order valence-corrected chi connectivity index (χ0v) is 11.9. The third-order valence-corrected chi connectivity index (χ3v) is 4.13. The first-order chi connectivity index (χ1) is 8.97. The molecule has 0 fully saturated rings. The van der Waals surface area contributed by atoms with E-state index in [1.54, 1.807) is 12.1 Å². The average molecular weight is 297 g/mol. The summed E-state index contributed by atoms with van der Waals surface area (Å²) in [5, 5.41) is 0. The van der Waals surface area contributed by atoms with Gasteiger partial charge in [-0.3, -0.25) is 0 Å². The van der Waals surface area contributed by atoms with Crippen LogP contribution in [0.15, 0.2) is 53.4 Å². The van der Waals surface area contributed by atoms with Gasteiger partial charge in [-0.05, 0) is 42.3 Å². The van der Waals surface area contributed by atoms with E-state index in [4.69, 9.17) is 15.4 Å². The predicted octanol–water partition coefficient (Wildman–Crippen LogP) is 3.50. The van der Waals surface area contributed by atoms with Gasteiger partial charge in [0.05, 0.1) is 4.90 Å². The molecule has 2 rings (SSSR count). The number of rotatable bonds is 4. The van der Waals surface area contributed by atoms with Crippen molar-refractivity contribution in [3.63, 3.8) is 0 Å². The van der Waals surface area contributed by atoms with E-state index >= 15 is 0 Å². The third-order valence-electron chi connectivity index (χ3n) is 2.76. The predicted molar refractivity (Wildman–Crippen MR) is 75.0 cm³/mol. The van der Waals surface area contributed by atoms with Gasteiger partial charge in [-0.2, -0.15) is 0 Å². The highest BCUT2D eigenvalue weighted by Crippen LogP contribution is 2.20. The lowest BCUT2D eigenvalue weighted by atomic mass is 10.1. The van der Waals surface area contributed by atoms with Crippen LogP contribution in [0.2, 0.25) is 0 Å². The van der Waals surface area contributed by atoms with Gasteiger partial charge in [-0.1, -0.05) is 24.3 Å². The Balaban J connectivity index is 2.07. The van der Waals surface area contributed by atoms with Gasteiger partial charge in [0.1, 0.15) is 12.4 Å². The molecule has 0 N–H and O–H groups in total. The van der Waals surface area contributed by atoms with E-state index in [0.29, 0.717) is 12.4 Å². The van der Waals surface area contributed by atoms with Crippen molar-refractivity contribution in [2.24, 2.45) is 0 Å². The maximum atomic E-state index is 11.1. The second kappa shape index (κ2) is 5.63. The molecule has 0 aromatic heterocycles. The summed E-state index contributed by atoms with van der Waals surface area (Å²) in [4.78, 5) is 0.0670. The smallest absolute Gasteiger partial charge is 0.261 e. The van der Waals surface area contributed by atoms with Crippen molar-refractivity contribution in [2.75, 3.05) is 0 Å². The average Bonchev–Trinajstić information content (AvgIpc) is 2.37. The molecule has 0 aliphatic carbocycles. The minimum Gasteiger partial charge on any atom is -0.489 e. The molecule has 0 heterocycles. The van der Waals surface area contributed by atoms with Gasteiger partial charge in [0, 0.05) is 10.7 Å². The largest absolute Gasteiger partial charge is 0.489 e. The van der Waals surface area contributed by atoms with Crippen LogP contribution in [-0.2, 0) is 15.7 Å². The summed E-state index contributed by atoms with van der Waals surface area (Å²) in [6.45, 7) is 2.46. The molecular formula is C14H13ClO3S. The fourth-order valence-corrected chi connectivity index (χ4v) is 2.40. The Morgan fingerprint density at radius 3 is 2.26 bits per heavy atom. The number of aryl methyl sites for hydroxylation is 1. The lowest BCUT2D eigenvalue weighted by Crippen LogP contribution is -1.98. The summed E-state index contributed by atoms with van der Waals surface area (Å²) >= 11 is 0. The third kappa shape index (κ3) is 3.72. The van der Waals surface area contributed by atoms with Gasteiger partial charge in [-0.25, -0.2) is 8.42 Å². The lowest BCUT2D eigenvalue weighted by Gasteiger charge is -2.08. The fraction of sp³-hybridized carbons (Fsp3) is 0.143. The highest BCUT2D eigenvalue weighted by Gasteiger charge is 2.09. The second-order valence-corrected chi connectivity index (χ2v) is 6.69. The molecule has 0 bridgehead atoms. The molecule has 0 aliphatic heterocycles. The molecule has 100 valence electrons. The maximum absolute atomic E-state index is 11.1. The minimum absolute atomic E-state index is 0.0670. The molecule has 0 atom stereocenters. The molecule has 0 aliphatic rings. The molecule has 0 spiro atoms. The van der Waals surface area contributed by atoms with Crippen LogP contribution in [0.5, 0.6) is 5.75 Å². The highest BCUT2D eigenvalue weighted by molar-refractivity contribution is 8.13. The summed E-state index contributed by atoms with van der Waals surface area (Å²) in [5.74, 6) is 0.604. The van der Waals surface area contributed by atoms with E-state index in [0.717, 1.165) is 11.1 Å². The number of halogens is 1. The SMILES string of the molecule is Cc1ccccc1COc1ccc(S(=O)(=O)Cl)cc1. The van der Waals surface area contributed by atoms with Gasteiger partial charge in [-0.15, -0.1) is 0 Å². The Bertz CT molecular complexity index is 663. The van der Waals surface area contributed by atoms with Crippen LogP contribution in [0.25, 0.3) is 0 Å². The molecule has 5 heteroatoms. The highest BCUT2D eigenvalue weighted by atomic mass is 35.7. The summed E-state index contributed by atoms with van der Waals surface area (Å²) in [6.07, 6.45) is 0.